The fraction of sp³-hybridized carbons (Fsp3) is 0.778. The van der Waals surface area contributed by atoms with Crippen molar-refractivity contribution in [2.24, 2.45) is 10.1 Å². The fourth-order valence-corrected chi connectivity index (χ4v) is 1.12. The number of nitrogens with zero attached hydrogens (tertiary/aromatic N) is 4. The molecule has 2 N–H and O–H groups in total. The van der Waals surface area contributed by atoms with E-state index in [4.69, 9.17) is 15.5 Å². The number of carbonyl (C=O) groups excluding carboxylic acids is 1. The van der Waals surface area contributed by atoms with Crippen molar-refractivity contribution in [3.63, 3.8) is 0 Å². The van der Waals surface area contributed by atoms with Gasteiger partial charge >= 0.3 is 5.97 Å². The van der Waals surface area contributed by atoms with Crippen LogP contribution in [0, 0.1) is 0 Å². The molecule has 0 aromatic rings. The molecule has 1 unspecified atom stereocenters. The zero-order valence-corrected chi connectivity index (χ0v) is 9.78. The number of carbonyl (C=O) groups is 1. The third-order valence-electron chi connectivity index (χ3n) is 1.96. The summed E-state index contributed by atoms with van der Waals surface area (Å²) in [4.78, 5) is 31.2. The third kappa shape index (κ3) is 9.32. The van der Waals surface area contributed by atoms with E-state index in [0.717, 1.165) is 0 Å². The number of carboxylic acid groups (broad SMARTS) is 1. The lowest BCUT2D eigenvalue weighted by atomic mass is 10.1. The van der Waals surface area contributed by atoms with Gasteiger partial charge in [0.25, 0.3) is 0 Å². The lowest BCUT2D eigenvalue weighted by Gasteiger charge is -2.06. The van der Waals surface area contributed by atoms with Gasteiger partial charge in [-0.25, -0.2) is 15.1 Å². The van der Waals surface area contributed by atoms with Gasteiger partial charge in [0.05, 0.1) is 13.2 Å². The van der Waals surface area contributed by atoms with Gasteiger partial charge in [-0.1, -0.05) is 5.11 Å². The van der Waals surface area contributed by atoms with Crippen LogP contribution >= 0.6 is 0 Å². The van der Waals surface area contributed by atoms with Crippen molar-refractivity contribution in [3.05, 3.63) is 10.4 Å². The van der Waals surface area contributed by atoms with Crippen molar-refractivity contribution in [3.8, 4) is 0 Å². The Morgan fingerprint density at radius 1 is 1.56 bits per heavy atom. The van der Waals surface area contributed by atoms with E-state index < -0.39 is 12.0 Å². The van der Waals surface area contributed by atoms with Gasteiger partial charge in [0.2, 0.25) is 6.08 Å². The molecule has 0 saturated heterocycles. The first-order chi connectivity index (χ1) is 8.72. The summed E-state index contributed by atoms with van der Waals surface area (Å²) in [6.45, 7) is 1.06. The number of hydrogen-bond donors (Lipinski definition) is 2. The molecule has 0 spiro atoms. The molecule has 0 amide bonds. The molecule has 9 nitrogen and oxygen atoms in total. The van der Waals surface area contributed by atoms with Crippen LogP contribution in [0.5, 0.6) is 0 Å². The number of rotatable bonds is 11. The van der Waals surface area contributed by atoms with Crippen LogP contribution in [-0.4, -0.2) is 42.9 Å². The lowest BCUT2D eigenvalue weighted by molar-refractivity contribution is -0.138. The number of hydroxylamine groups is 1. The van der Waals surface area contributed by atoms with Gasteiger partial charge in [0.1, 0.15) is 0 Å². The van der Waals surface area contributed by atoms with E-state index in [1.165, 1.54) is 6.08 Å². The monoisotopic (exact) mass is 257 g/mol. The first-order valence-electron chi connectivity index (χ1n) is 5.37. The third-order valence-corrected chi connectivity index (χ3v) is 1.96. The Hall–Kier alpha value is -1.92. The smallest absolute Gasteiger partial charge is 0.329 e. The Balaban J connectivity index is 3.46. The highest BCUT2D eigenvalue weighted by molar-refractivity contribution is 5.74. The van der Waals surface area contributed by atoms with Crippen molar-refractivity contribution < 1.29 is 19.5 Å². The van der Waals surface area contributed by atoms with E-state index in [2.05, 4.69) is 20.5 Å². The van der Waals surface area contributed by atoms with Crippen molar-refractivity contribution >= 4 is 12.0 Å². The minimum Gasteiger partial charge on any atom is -0.480 e. The molecule has 0 aliphatic rings. The first kappa shape index (κ1) is 16.1. The predicted octanol–water partition coefficient (Wildman–Crippen LogP) is 0.777. The number of aliphatic imine (C=N–C) groups is 1. The first-order valence-corrected chi connectivity index (χ1v) is 5.37. The number of isocyanates is 1. The molecule has 1 atom stereocenters. The number of azide groups is 1. The van der Waals surface area contributed by atoms with Crippen LogP contribution in [0.2, 0.25) is 0 Å². The molecule has 0 aliphatic heterocycles. The number of carboxylic acids is 1. The molecule has 100 valence electrons. The molecular weight excluding hydrogens is 242 g/mol. The van der Waals surface area contributed by atoms with E-state index in [-0.39, 0.29) is 19.6 Å². The van der Waals surface area contributed by atoms with Crippen molar-refractivity contribution in [1.82, 2.24) is 5.48 Å². The molecule has 0 rings (SSSR count). The van der Waals surface area contributed by atoms with E-state index in [1.807, 2.05) is 0 Å². The van der Waals surface area contributed by atoms with Gasteiger partial charge in [-0.2, -0.15) is 4.99 Å². The van der Waals surface area contributed by atoms with Gasteiger partial charge in [-0.3, -0.25) is 0 Å². The van der Waals surface area contributed by atoms with Crippen LogP contribution < -0.4 is 5.48 Å². The second-order valence-electron chi connectivity index (χ2n) is 3.27. The minimum absolute atomic E-state index is 0.249. The maximum Gasteiger partial charge on any atom is 0.329 e. The number of unbranched alkanes of at least 4 members (excludes halogenated alkanes) is 1. The van der Waals surface area contributed by atoms with E-state index >= 15 is 0 Å². The Morgan fingerprint density at radius 3 is 2.94 bits per heavy atom. The summed E-state index contributed by atoms with van der Waals surface area (Å²) in [6, 6.07) is -1.02. The Labute approximate surface area is 103 Å². The standard InChI is InChI=1S/C9H15N5O4/c10-14-12-5-6-18-13-4-2-1-3-8(9(16)17)11-7-15/h8,13H,1-6H2,(H,16,17). The molecule has 0 aromatic carbocycles. The summed E-state index contributed by atoms with van der Waals surface area (Å²) in [7, 11) is 0. The maximum absolute atomic E-state index is 10.6. The topological polar surface area (TPSA) is 137 Å². The number of aliphatic carboxylic acids is 1. The Kier molecular flexibility index (Phi) is 10.3. The summed E-state index contributed by atoms with van der Waals surface area (Å²) >= 11 is 0. The van der Waals surface area contributed by atoms with Crippen LogP contribution in [0.3, 0.4) is 0 Å². The Morgan fingerprint density at radius 2 is 2.33 bits per heavy atom. The number of hydrogen-bond acceptors (Lipinski definition) is 6. The normalized spacial score (nSPS) is 11.1. The van der Waals surface area contributed by atoms with Gasteiger partial charge in [-0.15, -0.1) is 0 Å². The summed E-state index contributed by atoms with van der Waals surface area (Å²) in [5.74, 6) is -1.13. The minimum atomic E-state index is -1.13. The molecule has 18 heavy (non-hydrogen) atoms. The van der Waals surface area contributed by atoms with Crippen LogP contribution in [0.1, 0.15) is 19.3 Å². The molecule has 9 heteroatoms. The molecule has 0 aliphatic carbocycles. The van der Waals surface area contributed by atoms with Gasteiger partial charge in [0, 0.05) is 11.5 Å². The quantitative estimate of drug-likeness (QED) is 0.107. The summed E-state index contributed by atoms with van der Waals surface area (Å²) in [6.07, 6.45) is 2.80. The summed E-state index contributed by atoms with van der Waals surface area (Å²) in [5.41, 5.74) is 10.6. The highest BCUT2D eigenvalue weighted by Gasteiger charge is 2.14. The second-order valence-corrected chi connectivity index (χ2v) is 3.27. The molecule has 0 fully saturated rings. The largest absolute Gasteiger partial charge is 0.480 e. The number of nitrogens with one attached hydrogen (secondary N) is 1. The molecule has 0 aromatic heterocycles. The average molecular weight is 257 g/mol. The van der Waals surface area contributed by atoms with E-state index in [9.17, 15) is 9.59 Å². The highest BCUT2D eigenvalue weighted by atomic mass is 16.6. The van der Waals surface area contributed by atoms with Crippen LogP contribution in [0.25, 0.3) is 10.4 Å². The van der Waals surface area contributed by atoms with Crippen molar-refractivity contribution in [2.75, 3.05) is 19.7 Å². The van der Waals surface area contributed by atoms with Gasteiger partial charge in [-0.05, 0) is 24.8 Å². The van der Waals surface area contributed by atoms with Crippen molar-refractivity contribution in [2.45, 2.75) is 25.3 Å². The second kappa shape index (κ2) is 11.6. The molecule has 0 bridgehead atoms. The zero-order valence-electron chi connectivity index (χ0n) is 9.78. The molecular formula is C9H15N5O4. The molecule has 0 radical (unpaired) electrons. The molecule has 0 heterocycles. The predicted molar refractivity (Wildman–Crippen MR) is 61.4 cm³/mol. The van der Waals surface area contributed by atoms with Crippen LogP contribution in [-0.2, 0) is 14.4 Å². The lowest BCUT2D eigenvalue weighted by Crippen LogP contribution is -2.20. The van der Waals surface area contributed by atoms with Gasteiger partial charge < -0.3 is 9.94 Å². The highest BCUT2D eigenvalue weighted by Crippen LogP contribution is 2.04. The Bertz CT molecular complexity index is 334. The zero-order chi connectivity index (χ0) is 13.6. The maximum atomic E-state index is 10.6. The van der Waals surface area contributed by atoms with E-state index in [1.54, 1.807) is 0 Å². The fourth-order valence-electron chi connectivity index (χ4n) is 1.12. The molecule has 0 saturated carbocycles. The average Bonchev–Trinajstić information content (AvgIpc) is 2.35. The van der Waals surface area contributed by atoms with E-state index in [0.29, 0.717) is 19.4 Å². The summed E-state index contributed by atoms with van der Waals surface area (Å²) in [5, 5.41) is 11.9. The summed E-state index contributed by atoms with van der Waals surface area (Å²) < 4.78 is 0. The van der Waals surface area contributed by atoms with Gasteiger partial charge in [0.15, 0.2) is 6.04 Å². The van der Waals surface area contributed by atoms with Crippen LogP contribution in [0.15, 0.2) is 10.1 Å². The SMILES string of the molecule is [N-]=[N+]=NCCONCCCCC(N=C=O)C(=O)O. The van der Waals surface area contributed by atoms with Crippen molar-refractivity contribution in [1.29, 1.82) is 0 Å². The van der Waals surface area contributed by atoms with Crippen LogP contribution in [0.4, 0.5) is 0 Å².